The number of imidazole rings is 1. The summed E-state index contributed by atoms with van der Waals surface area (Å²) < 4.78 is 2.45. The summed E-state index contributed by atoms with van der Waals surface area (Å²) in [5, 5.41) is 16.2. The summed E-state index contributed by atoms with van der Waals surface area (Å²) >= 11 is 0. The van der Waals surface area contributed by atoms with E-state index in [1.54, 1.807) is 0 Å². The number of fused-ring (bicyclic) bond motifs is 2. The Morgan fingerprint density at radius 2 is 1.17 bits per heavy atom. The molecule has 1 heterocycles. The first kappa shape index (κ1) is 38.0. The second-order valence-electron chi connectivity index (χ2n) is 16.4. The first-order valence-electron chi connectivity index (χ1n) is 18.6. The molecule has 0 amide bonds. The number of aromatic nitrogens is 2. The van der Waals surface area contributed by atoms with E-state index in [-0.39, 0.29) is 5.11 Å². The Balaban J connectivity index is 2.02. The van der Waals surface area contributed by atoms with E-state index in [0.717, 1.165) is 71.5 Å². The van der Waals surface area contributed by atoms with Crippen molar-refractivity contribution in [2.75, 3.05) is 0 Å². The van der Waals surface area contributed by atoms with E-state index in [4.69, 9.17) is 12.5 Å². The van der Waals surface area contributed by atoms with Crippen LogP contribution in [0.4, 0.5) is 0 Å². The van der Waals surface area contributed by atoms with Crippen molar-refractivity contribution in [1.29, 1.82) is 0 Å². The zero-order chi connectivity index (χ0) is 38.3. The fourth-order valence-corrected chi connectivity index (χ4v) is 8.25. The van der Waals surface area contributed by atoms with Gasteiger partial charge in [-0.05, 0) is 0 Å². The van der Waals surface area contributed by atoms with Crippen molar-refractivity contribution < 1.29 is 5.11 Å². The molecule has 238 valence electrons. The molecule has 0 saturated heterocycles. The number of allylic oxidation sites excluding steroid dienone is 2. The van der Waals surface area contributed by atoms with E-state index in [2.05, 4.69) is 162 Å². The Morgan fingerprint density at radius 1 is 0.673 bits per heavy atom. The molecular formula is C34H41B15N2O. The van der Waals surface area contributed by atoms with Gasteiger partial charge in [0, 0.05) is 0 Å². The van der Waals surface area contributed by atoms with Crippen LogP contribution < -0.4 is 48.9 Å². The van der Waals surface area contributed by atoms with Crippen LogP contribution in [0.2, 0.25) is 0 Å². The van der Waals surface area contributed by atoms with Gasteiger partial charge in [-0.15, -0.1) is 0 Å². The number of hydrogen-bond acceptors (Lipinski definition) is 2. The molecule has 0 aliphatic heterocycles. The third-order valence-electron chi connectivity index (χ3n) is 12.3. The molecule has 0 radical (unpaired) electrons. The molecule has 18 heteroatoms. The number of para-hydroxylation sites is 2. The van der Waals surface area contributed by atoms with Crippen molar-refractivity contribution in [3.05, 3.63) is 75.6 Å². The van der Waals surface area contributed by atoms with Gasteiger partial charge >= 0.3 is 324 Å². The topological polar surface area (TPSA) is 38.0 Å². The van der Waals surface area contributed by atoms with Crippen molar-refractivity contribution in [3.63, 3.8) is 0 Å². The molecule has 1 N–H and O–H groups in total. The number of phenols is 1. The van der Waals surface area contributed by atoms with Gasteiger partial charge in [-0.3, -0.25) is 0 Å². The van der Waals surface area contributed by atoms with Gasteiger partial charge < -0.3 is 0 Å². The van der Waals surface area contributed by atoms with Gasteiger partial charge in [0.05, 0.1) is 0 Å². The summed E-state index contributed by atoms with van der Waals surface area (Å²) in [5.74, 6) is 1.37. The zero-order valence-corrected chi connectivity index (χ0v) is 34.2. The molecular weight excluding hydrogens is 615 g/mol. The molecule has 6 aromatic rings. The SMILES string of the molecule is B=c1c(-c2ccccc2-c2c(B)c(B)c(B)c(B)c2O)c2c(B)c(B)c(B)c(B)c2c(-n2c(C(B)(B)B)nc3ccccc32)/c1=C(B)/C(B)=C(/B)C. The van der Waals surface area contributed by atoms with Crippen molar-refractivity contribution in [2.45, 2.75) is 12.0 Å². The second-order valence-corrected chi connectivity index (χ2v) is 16.4. The number of hydrogen-bond donors (Lipinski definition) is 1. The molecule has 0 spiro atoms. The van der Waals surface area contributed by atoms with Crippen LogP contribution >= 0.6 is 0 Å². The molecule has 3 nitrogen and oxygen atoms in total. The minimum absolute atomic E-state index is 0.242. The van der Waals surface area contributed by atoms with Gasteiger partial charge in [0.2, 0.25) is 0 Å². The van der Waals surface area contributed by atoms with E-state index in [9.17, 15) is 5.11 Å². The van der Waals surface area contributed by atoms with Crippen LogP contribution in [-0.2, 0) is 5.11 Å². The van der Waals surface area contributed by atoms with Crippen molar-refractivity contribution in [1.82, 2.24) is 9.55 Å². The predicted molar refractivity (Wildman–Crippen MR) is 271 cm³/mol. The average molecular weight is 656 g/mol. The normalized spacial score (nSPS) is 13.0. The molecule has 0 aliphatic rings. The Hall–Kier alpha value is -3.79. The molecule has 0 aliphatic carbocycles. The molecule has 5 aromatic carbocycles. The van der Waals surface area contributed by atoms with Gasteiger partial charge in [0.25, 0.3) is 0 Å². The van der Waals surface area contributed by atoms with Crippen molar-refractivity contribution in [2.24, 2.45) is 0 Å². The number of benzene rings is 5. The predicted octanol–water partition coefficient (Wildman–Crippen LogP) is -13.3. The van der Waals surface area contributed by atoms with Crippen LogP contribution in [0.5, 0.6) is 5.75 Å². The Bertz CT molecular complexity index is 2650. The van der Waals surface area contributed by atoms with E-state index in [1.165, 1.54) is 54.5 Å². The summed E-state index contributed by atoms with van der Waals surface area (Å²) in [6.07, 6.45) is 0. The third-order valence-corrected chi connectivity index (χ3v) is 12.3. The standard InChI is InChI=1S/C34H41B15N2O/c1-10(35)20(36)25(41)19-21(37)15(11-6-2-3-7-12(11)16-22(38)26(42)29(45)30(46)32(16)52)17-18(24(40)28(44)27(43)23(17)39)31(19)51-14-9-5-4-8-13(14)50-33(51)34(47,48)49/h2-9,37,52H,35-36,38-49H2,1H3/b20-10-,25-19-. The van der Waals surface area contributed by atoms with E-state index >= 15 is 0 Å². The number of aromatic hydroxyl groups is 1. The van der Waals surface area contributed by atoms with Crippen LogP contribution in [0.25, 0.3) is 55.2 Å². The summed E-state index contributed by atoms with van der Waals surface area (Å²) in [6.45, 7) is 2.20. The zero-order valence-electron chi connectivity index (χ0n) is 34.2. The first-order chi connectivity index (χ1) is 24.3. The fourth-order valence-electron chi connectivity index (χ4n) is 8.25. The maximum absolute atomic E-state index is 11.9. The molecule has 0 fully saturated rings. The average Bonchev–Trinajstić information content (AvgIpc) is 3.51. The maximum atomic E-state index is 11.9. The Kier molecular flexibility index (Phi) is 9.90. The Labute approximate surface area is 322 Å². The number of nitrogens with zero attached hydrogens (tertiary/aromatic N) is 2. The number of phenolic OH excluding ortho intramolecular Hbond substituents is 1. The van der Waals surface area contributed by atoms with Crippen molar-refractivity contribution >= 4 is 188 Å². The van der Waals surface area contributed by atoms with Crippen molar-refractivity contribution in [3.8, 4) is 33.7 Å². The summed E-state index contributed by atoms with van der Waals surface area (Å²) in [7, 11) is 36.1. The van der Waals surface area contributed by atoms with Crippen LogP contribution in [0.15, 0.2) is 59.5 Å². The number of rotatable bonds is 5. The van der Waals surface area contributed by atoms with Gasteiger partial charge in [-0.2, -0.15) is 0 Å². The monoisotopic (exact) mass is 658 g/mol. The van der Waals surface area contributed by atoms with E-state index < -0.39 is 0 Å². The van der Waals surface area contributed by atoms with Gasteiger partial charge in [-0.1, -0.05) is 0 Å². The molecule has 0 bridgehead atoms. The third kappa shape index (κ3) is 5.75. The van der Waals surface area contributed by atoms with Crippen LogP contribution in [-0.4, -0.2) is 132 Å². The Morgan fingerprint density at radius 3 is 1.75 bits per heavy atom. The summed E-state index contributed by atoms with van der Waals surface area (Å²) in [6, 6.07) is 17.2. The second kappa shape index (κ2) is 13.6. The summed E-state index contributed by atoms with van der Waals surface area (Å²) in [5.41, 5.74) is 20.5. The molecule has 6 rings (SSSR count). The van der Waals surface area contributed by atoms with Gasteiger partial charge in [-0.25, -0.2) is 0 Å². The fraction of sp³-hybridized carbons (Fsp3) is 0.0588. The first-order valence-corrected chi connectivity index (χ1v) is 18.6. The van der Waals surface area contributed by atoms with E-state index in [1.807, 2.05) is 7.85 Å². The van der Waals surface area contributed by atoms with Gasteiger partial charge in [0.1, 0.15) is 0 Å². The van der Waals surface area contributed by atoms with E-state index in [0.29, 0.717) is 5.75 Å². The minimum atomic E-state index is -0.242. The molecule has 0 unspecified atom stereocenters. The van der Waals surface area contributed by atoms with Crippen LogP contribution in [0.1, 0.15) is 12.7 Å². The quantitative estimate of drug-likeness (QED) is 0.188. The van der Waals surface area contributed by atoms with Crippen LogP contribution in [0.3, 0.4) is 0 Å². The van der Waals surface area contributed by atoms with Crippen LogP contribution in [0, 0.1) is 5.11 Å². The summed E-state index contributed by atoms with van der Waals surface area (Å²) in [4.78, 5) is 5.34. The molecule has 1 aromatic heterocycles. The molecule has 52 heavy (non-hydrogen) atoms. The molecule has 0 saturated carbocycles. The van der Waals surface area contributed by atoms with Gasteiger partial charge in [0.15, 0.2) is 0 Å². The molecule has 0 atom stereocenters.